The van der Waals surface area contributed by atoms with Crippen molar-refractivity contribution >= 4 is 41.2 Å². The average molecular weight is 529 g/mol. The molecule has 2 amide bonds. The van der Waals surface area contributed by atoms with Gasteiger partial charge in [0.25, 0.3) is 0 Å². The molecule has 2 aromatic carbocycles. The van der Waals surface area contributed by atoms with Crippen LogP contribution in [0.2, 0.25) is 0 Å². The summed E-state index contributed by atoms with van der Waals surface area (Å²) in [6.45, 7) is 3.98. The molecule has 0 fully saturated rings. The molecule has 1 aliphatic carbocycles. The van der Waals surface area contributed by atoms with Gasteiger partial charge in [0, 0.05) is 35.2 Å². The zero-order valence-corrected chi connectivity index (χ0v) is 21.1. The Labute approximate surface area is 210 Å². The number of anilines is 1. The summed E-state index contributed by atoms with van der Waals surface area (Å²) in [6, 6.07) is 10.9. The van der Waals surface area contributed by atoms with Crippen LogP contribution in [0.5, 0.6) is 0 Å². The number of carbonyl (C=O) groups is 2. The second kappa shape index (κ2) is 11.1. The second-order valence-electron chi connectivity index (χ2n) is 8.60. The number of fused-ring (bicyclic) bond motifs is 1. The van der Waals surface area contributed by atoms with Gasteiger partial charge in [-0.15, -0.1) is 11.8 Å². The number of hydrogen-bond donors (Lipinski definition) is 2. The Kier molecular flexibility index (Phi) is 8.66. The Morgan fingerprint density at radius 1 is 1.06 bits per heavy atom. The summed E-state index contributed by atoms with van der Waals surface area (Å²) in [5.41, 5.74) is -1.82. The lowest BCUT2D eigenvalue weighted by atomic mass is 10.1. The number of halogens is 3. The minimum atomic E-state index is -4.37. The van der Waals surface area contributed by atoms with Crippen LogP contribution in [0.1, 0.15) is 25.0 Å². The summed E-state index contributed by atoms with van der Waals surface area (Å²) >= 11 is 1.06. The predicted molar refractivity (Wildman–Crippen MR) is 131 cm³/mol. The van der Waals surface area contributed by atoms with Crippen LogP contribution in [-0.2, 0) is 22.4 Å². The lowest BCUT2D eigenvalue weighted by Gasteiger charge is -2.29. The van der Waals surface area contributed by atoms with E-state index in [2.05, 4.69) is 5.32 Å². The van der Waals surface area contributed by atoms with E-state index in [4.69, 9.17) is 4.74 Å². The van der Waals surface area contributed by atoms with E-state index in [0.717, 1.165) is 16.0 Å². The first-order valence-electron chi connectivity index (χ1n) is 10.8. The van der Waals surface area contributed by atoms with Gasteiger partial charge in [-0.2, -0.15) is 13.2 Å². The van der Waals surface area contributed by atoms with Crippen LogP contribution in [0.25, 0.3) is 0 Å². The monoisotopic (exact) mass is 528 g/mol. The second-order valence-corrected chi connectivity index (χ2v) is 11.4. The number of urea groups is 1. The molecule has 0 heterocycles. The first-order valence-corrected chi connectivity index (χ1v) is 12.5. The van der Waals surface area contributed by atoms with Crippen molar-refractivity contribution in [2.75, 3.05) is 25.6 Å². The quantitative estimate of drug-likeness (QED) is 0.395. The molecule has 0 saturated heterocycles. The molecule has 0 spiro atoms. The third-order valence-corrected chi connectivity index (χ3v) is 7.47. The van der Waals surface area contributed by atoms with Gasteiger partial charge in [-0.1, -0.05) is 6.07 Å². The highest BCUT2D eigenvalue weighted by atomic mass is 32.2. The van der Waals surface area contributed by atoms with Crippen LogP contribution in [0.3, 0.4) is 0 Å². The van der Waals surface area contributed by atoms with Crippen LogP contribution in [-0.4, -0.2) is 58.6 Å². The maximum Gasteiger partial charge on any atom is 0.446 e. The number of carboxylic acid groups (broad SMARTS) is 1. The number of ether oxygens (including phenoxy) is 1. The Hall–Kier alpha value is -2.37. The number of amides is 2. The largest absolute Gasteiger partial charge is 0.480 e. The normalized spacial score (nSPS) is 15.5. The number of carbonyl (C=O) groups excluding carboxylic acids is 1. The molecular formula is C24H27F3N2O4S2. The van der Waals surface area contributed by atoms with E-state index in [-0.39, 0.29) is 28.7 Å². The van der Waals surface area contributed by atoms with Crippen molar-refractivity contribution in [2.24, 2.45) is 0 Å². The number of methoxy groups -OCH3 is 1. The first-order chi connectivity index (χ1) is 16.4. The maximum atomic E-state index is 13.1. The highest BCUT2D eigenvalue weighted by Crippen LogP contribution is 2.38. The molecule has 190 valence electrons. The van der Waals surface area contributed by atoms with Gasteiger partial charge in [0.2, 0.25) is 0 Å². The fraction of sp³-hybridized carbons (Fsp3) is 0.417. The molecule has 2 aromatic rings. The SMILES string of the molecule is COCCN(C(=O)Nc1ccc(SC(F)(F)F)cc1)C1Cc2ccc(SC(C)(C)C(=O)O)cc2C1. The van der Waals surface area contributed by atoms with Crippen LogP contribution in [0, 0.1) is 0 Å². The van der Waals surface area contributed by atoms with E-state index < -0.39 is 16.2 Å². The van der Waals surface area contributed by atoms with Gasteiger partial charge in [0.15, 0.2) is 0 Å². The summed E-state index contributed by atoms with van der Waals surface area (Å²) in [4.78, 5) is 27.1. The summed E-state index contributed by atoms with van der Waals surface area (Å²) in [5.74, 6) is -0.895. The summed E-state index contributed by atoms with van der Waals surface area (Å²) in [6.07, 6.45) is 1.25. The summed E-state index contributed by atoms with van der Waals surface area (Å²) < 4.78 is 41.9. The number of alkyl halides is 3. The maximum absolute atomic E-state index is 13.1. The van der Waals surface area contributed by atoms with Gasteiger partial charge in [0.05, 0.1) is 6.61 Å². The Balaban J connectivity index is 1.70. The Morgan fingerprint density at radius 2 is 1.69 bits per heavy atom. The van der Waals surface area contributed by atoms with Crippen molar-refractivity contribution in [3.05, 3.63) is 53.6 Å². The van der Waals surface area contributed by atoms with E-state index >= 15 is 0 Å². The smallest absolute Gasteiger partial charge is 0.446 e. The average Bonchev–Trinajstić information content (AvgIpc) is 3.17. The summed E-state index contributed by atoms with van der Waals surface area (Å²) in [7, 11) is 1.55. The van der Waals surface area contributed by atoms with Crippen LogP contribution in [0.15, 0.2) is 52.3 Å². The van der Waals surface area contributed by atoms with Gasteiger partial charge >= 0.3 is 17.5 Å². The van der Waals surface area contributed by atoms with Crippen molar-refractivity contribution in [3.63, 3.8) is 0 Å². The van der Waals surface area contributed by atoms with Gasteiger partial charge in [-0.25, -0.2) is 4.79 Å². The van der Waals surface area contributed by atoms with Gasteiger partial charge < -0.3 is 20.1 Å². The van der Waals surface area contributed by atoms with E-state index in [1.54, 1.807) is 25.9 Å². The molecule has 0 aromatic heterocycles. The molecular weight excluding hydrogens is 501 g/mol. The van der Waals surface area contributed by atoms with Gasteiger partial charge in [-0.05, 0) is 86.0 Å². The zero-order valence-electron chi connectivity index (χ0n) is 19.5. The first kappa shape index (κ1) is 27.2. The number of nitrogens with zero attached hydrogens (tertiary/aromatic N) is 1. The van der Waals surface area contributed by atoms with E-state index in [1.807, 2.05) is 18.2 Å². The Morgan fingerprint density at radius 3 is 2.29 bits per heavy atom. The fourth-order valence-corrected chi connectivity index (χ4v) is 5.32. The third-order valence-electron chi connectivity index (χ3n) is 5.55. The fourth-order valence-electron chi connectivity index (χ4n) is 3.77. The molecule has 35 heavy (non-hydrogen) atoms. The molecule has 0 bridgehead atoms. The van der Waals surface area contributed by atoms with E-state index in [9.17, 15) is 27.9 Å². The van der Waals surface area contributed by atoms with Crippen molar-refractivity contribution in [3.8, 4) is 0 Å². The topological polar surface area (TPSA) is 78.9 Å². The molecule has 0 radical (unpaired) electrons. The lowest BCUT2D eigenvalue weighted by molar-refractivity contribution is -0.138. The zero-order chi connectivity index (χ0) is 25.8. The van der Waals surface area contributed by atoms with Crippen LogP contribution in [0.4, 0.5) is 23.7 Å². The standard InChI is InChI=1S/C24H27F3N2O4S2/c1-23(2,21(30)31)34-20-7-4-15-12-18(13-16(15)14-20)29(10-11-33-3)22(32)28-17-5-8-19(9-6-17)35-24(25,26)27/h4-9,14,18H,10-13H2,1-3H3,(H,28,32)(H,30,31). The minimum absolute atomic E-state index is 0.0396. The number of hydrogen-bond acceptors (Lipinski definition) is 5. The molecule has 0 aliphatic heterocycles. The molecule has 0 saturated carbocycles. The van der Waals surface area contributed by atoms with Gasteiger partial charge in [-0.3, -0.25) is 4.79 Å². The molecule has 1 unspecified atom stereocenters. The van der Waals surface area contributed by atoms with Crippen molar-refractivity contribution < 1.29 is 32.6 Å². The lowest BCUT2D eigenvalue weighted by Crippen LogP contribution is -2.45. The molecule has 1 aliphatic rings. The highest BCUT2D eigenvalue weighted by molar-refractivity contribution is 8.01. The summed E-state index contributed by atoms with van der Waals surface area (Å²) in [5, 5.41) is 12.2. The van der Waals surface area contributed by atoms with Gasteiger partial charge in [0.1, 0.15) is 4.75 Å². The third kappa shape index (κ3) is 7.55. The number of carboxylic acids is 1. The Bertz CT molecular complexity index is 1060. The van der Waals surface area contributed by atoms with Crippen molar-refractivity contribution in [2.45, 2.75) is 52.8 Å². The number of nitrogens with one attached hydrogen (secondary N) is 1. The molecule has 2 N–H and O–H groups in total. The molecule has 1 atom stereocenters. The number of rotatable bonds is 9. The van der Waals surface area contributed by atoms with E-state index in [0.29, 0.717) is 31.7 Å². The van der Waals surface area contributed by atoms with E-state index in [1.165, 1.54) is 36.0 Å². The van der Waals surface area contributed by atoms with Crippen LogP contribution >= 0.6 is 23.5 Å². The molecule has 6 nitrogen and oxygen atoms in total. The van der Waals surface area contributed by atoms with Crippen LogP contribution < -0.4 is 5.32 Å². The minimum Gasteiger partial charge on any atom is -0.480 e. The highest BCUT2D eigenvalue weighted by Gasteiger charge is 2.33. The molecule has 3 rings (SSSR count). The number of aliphatic carboxylic acids is 1. The number of thioether (sulfide) groups is 2. The molecule has 11 heteroatoms. The number of benzene rings is 2. The van der Waals surface area contributed by atoms with Crippen molar-refractivity contribution in [1.82, 2.24) is 4.90 Å². The predicted octanol–water partition coefficient (Wildman–Crippen LogP) is 5.90. The van der Waals surface area contributed by atoms with Crippen molar-refractivity contribution in [1.29, 1.82) is 0 Å².